The maximum absolute atomic E-state index is 13.0. The van der Waals surface area contributed by atoms with E-state index in [0.29, 0.717) is 11.1 Å². The number of nitrogens with two attached hydrogens (primary N) is 1. The van der Waals surface area contributed by atoms with Crippen LogP contribution in [0.5, 0.6) is 0 Å². The molecule has 0 aliphatic heterocycles. The van der Waals surface area contributed by atoms with Gasteiger partial charge in [-0.05, 0) is 58.0 Å². The molecule has 0 fully saturated rings. The summed E-state index contributed by atoms with van der Waals surface area (Å²) in [7, 11) is 0. The fraction of sp³-hybridized carbons (Fsp3) is 0.250. The largest absolute Gasteiger partial charge is 0.341 e. The molecule has 174 valence electrons. The SMILES string of the molecule is CCn1c2ccccc2c2cc(NC(=O)C(C)Sc3nnc(-n4nc(C)cc4C)n3N)ccc21. The van der Waals surface area contributed by atoms with Crippen molar-refractivity contribution in [2.45, 2.75) is 44.6 Å². The summed E-state index contributed by atoms with van der Waals surface area (Å²) in [5.74, 6) is 6.48. The highest BCUT2D eigenvalue weighted by Gasteiger charge is 2.21. The predicted octanol–water partition coefficient (Wildman–Crippen LogP) is 4.04. The molecule has 0 aliphatic carbocycles. The van der Waals surface area contributed by atoms with Crippen LogP contribution in [0.1, 0.15) is 25.2 Å². The quantitative estimate of drug-likeness (QED) is 0.284. The molecule has 0 aliphatic rings. The van der Waals surface area contributed by atoms with Crippen LogP contribution >= 0.6 is 11.8 Å². The summed E-state index contributed by atoms with van der Waals surface area (Å²) in [6, 6.07) is 16.3. The monoisotopic (exact) mass is 474 g/mol. The highest BCUT2D eigenvalue weighted by atomic mass is 32.2. The smallest absolute Gasteiger partial charge is 0.271 e. The number of aryl methyl sites for hydroxylation is 3. The maximum Gasteiger partial charge on any atom is 0.271 e. The van der Waals surface area contributed by atoms with Gasteiger partial charge < -0.3 is 15.7 Å². The first kappa shape index (κ1) is 22.0. The van der Waals surface area contributed by atoms with E-state index in [2.05, 4.69) is 50.3 Å². The normalized spacial score (nSPS) is 12.5. The van der Waals surface area contributed by atoms with Gasteiger partial charge in [0, 0.05) is 39.7 Å². The van der Waals surface area contributed by atoms with Crippen molar-refractivity contribution in [3.05, 3.63) is 59.9 Å². The number of para-hydroxylation sites is 1. The molecule has 2 aromatic carbocycles. The second kappa shape index (κ2) is 8.53. The number of nitrogens with one attached hydrogen (secondary N) is 1. The lowest BCUT2D eigenvalue weighted by atomic mass is 10.1. The van der Waals surface area contributed by atoms with Gasteiger partial charge in [0.25, 0.3) is 5.95 Å². The van der Waals surface area contributed by atoms with Gasteiger partial charge in [0.05, 0.1) is 10.9 Å². The Morgan fingerprint density at radius 3 is 2.59 bits per heavy atom. The second-order valence-electron chi connectivity index (χ2n) is 8.23. The number of thioether (sulfide) groups is 1. The minimum absolute atomic E-state index is 0.140. The second-order valence-corrected chi connectivity index (χ2v) is 9.54. The number of nitrogens with zero attached hydrogens (tertiary/aromatic N) is 6. The Bertz CT molecular complexity index is 1530. The van der Waals surface area contributed by atoms with Crippen LogP contribution in [0.25, 0.3) is 27.8 Å². The van der Waals surface area contributed by atoms with Gasteiger partial charge in [-0.1, -0.05) is 30.0 Å². The van der Waals surface area contributed by atoms with Crippen LogP contribution in [0.2, 0.25) is 0 Å². The molecule has 3 heterocycles. The van der Waals surface area contributed by atoms with Crippen LogP contribution in [-0.2, 0) is 11.3 Å². The van der Waals surface area contributed by atoms with E-state index < -0.39 is 5.25 Å². The van der Waals surface area contributed by atoms with E-state index in [-0.39, 0.29) is 5.91 Å². The third kappa shape index (κ3) is 3.69. The number of carbonyl (C=O) groups is 1. The molecule has 3 aromatic heterocycles. The van der Waals surface area contributed by atoms with Gasteiger partial charge in [-0.3, -0.25) is 4.79 Å². The topological polar surface area (TPSA) is 109 Å². The average Bonchev–Trinajstić information content (AvgIpc) is 3.46. The number of carbonyl (C=O) groups excluding carboxylic acids is 1. The standard InChI is InChI=1S/C24H26N8OS/c1-5-30-20-9-7-6-8-18(20)19-13-17(10-11-21(19)30)26-22(33)16(4)34-24-28-27-23(31(24)25)32-15(3)12-14(2)29-32/h6-13,16H,5,25H2,1-4H3,(H,26,33). The van der Waals surface area contributed by atoms with Crippen molar-refractivity contribution in [1.29, 1.82) is 0 Å². The zero-order valence-corrected chi connectivity index (χ0v) is 20.3. The fourth-order valence-electron chi connectivity index (χ4n) is 4.25. The van der Waals surface area contributed by atoms with Gasteiger partial charge in [0.15, 0.2) is 0 Å². The Morgan fingerprint density at radius 1 is 1.09 bits per heavy atom. The molecule has 0 bridgehead atoms. The number of hydrogen-bond donors (Lipinski definition) is 2. The lowest BCUT2D eigenvalue weighted by molar-refractivity contribution is -0.115. The molecular weight excluding hydrogens is 448 g/mol. The highest BCUT2D eigenvalue weighted by Crippen LogP contribution is 2.31. The van der Waals surface area contributed by atoms with Gasteiger partial charge in [-0.25, -0.2) is 9.36 Å². The summed E-state index contributed by atoms with van der Waals surface area (Å²) >= 11 is 1.25. The lowest BCUT2D eigenvalue weighted by Gasteiger charge is -2.12. The molecule has 0 radical (unpaired) electrons. The molecule has 9 nitrogen and oxygen atoms in total. The fourth-order valence-corrected chi connectivity index (χ4v) is 5.02. The van der Waals surface area contributed by atoms with E-state index in [1.807, 2.05) is 51.1 Å². The first-order valence-corrected chi connectivity index (χ1v) is 12.0. The molecule has 34 heavy (non-hydrogen) atoms. The van der Waals surface area contributed by atoms with Crippen molar-refractivity contribution >= 4 is 45.2 Å². The third-order valence-electron chi connectivity index (χ3n) is 5.85. The number of amides is 1. The van der Waals surface area contributed by atoms with Crippen molar-refractivity contribution in [2.24, 2.45) is 0 Å². The Balaban J connectivity index is 1.36. The first-order chi connectivity index (χ1) is 16.4. The lowest BCUT2D eigenvalue weighted by Crippen LogP contribution is -2.24. The van der Waals surface area contributed by atoms with Crippen LogP contribution in [0.3, 0.4) is 0 Å². The number of fused-ring (bicyclic) bond motifs is 3. The minimum atomic E-state index is -0.438. The van der Waals surface area contributed by atoms with Crippen molar-refractivity contribution in [1.82, 2.24) is 29.2 Å². The molecule has 5 aromatic rings. The number of aromatic nitrogens is 6. The van der Waals surface area contributed by atoms with Crippen molar-refractivity contribution in [2.75, 3.05) is 11.2 Å². The number of anilines is 1. The summed E-state index contributed by atoms with van der Waals surface area (Å²) < 4.78 is 5.28. The molecule has 0 saturated carbocycles. The summed E-state index contributed by atoms with van der Waals surface area (Å²) in [4.78, 5) is 13.0. The van der Waals surface area contributed by atoms with Crippen LogP contribution in [-0.4, -0.2) is 40.4 Å². The summed E-state index contributed by atoms with van der Waals surface area (Å²) in [5.41, 5.74) is 4.85. The van der Waals surface area contributed by atoms with Crippen LogP contribution in [0.15, 0.2) is 53.7 Å². The Kier molecular flexibility index (Phi) is 5.52. The molecule has 10 heteroatoms. The van der Waals surface area contributed by atoms with Crippen molar-refractivity contribution < 1.29 is 4.79 Å². The maximum atomic E-state index is 13.0. The minimum Gasteiger partial charge on any atom is -0.341 e. The molecule has 1 unspecified atom stereocenters. The Labute approximate surface area is 200 Å². The van der Waals surface area contributed by atoms with E-state index in [1.165, 1.54) is 27.3 Å². The number of nitrogen functional groups attached to an aromatic ring is 1. The zero-order chi connectivity index (χ0) is 24.0. The summed E-state index contributed by atoms with van der Waals surface area (Å²) in [6.45, 7) is 8.66. The van der Waals surface area contributed by atoms with E-state index in [9.17, 15) is 4.79 Å². The molecular formula is C24H26N8OS. The summed E-state index contributed by atoms with van der Waals surface area (Å²) in [6.07, 6.45) is 0. The molecule has 5 rings (SSSR count). The Hall–Kier alpha value is -3.79. The van der Waals surface area contributed by atoms with E-state index >= 15 is 0 Å². The third-order valence-corrected chi connectivity index (χ3v) is 6.91. The molecule has 1 amide bonds. The van der Waals surface area contributed by atoms with Gasteiger partial charge >= 0.3 is 0 Å². The molecule has 3 N–H and O–H groups in total. The molecule has 1 atom stereocenters. The Morgan fingerprint density at radius 2 is 1.85 bits per heavy atom. The average molecular weight is 475 g/mol. The van der Waals surface area contributed by atoms with Crippen LogP contribution in [0.4, 0.5) is 5.69 Å². The predicted molar refractivity (Wildman–Crippen MR) is 136 cm³/mol. The van der Waals surface area contributed by atoms with Gasteiger partial charge in [0.1, 0.15) is 0 Å². The highest BCUT2D eigenvalue weighted by molar-refractivity contribution is 8.00. The zero-order valence-electron chi connectivity index (χ0n) is 19.5. The van der Waals surface area contributed by atoms with E-state index in [0.717, 1.165) is 34.5 Å². The van der Waals surface area contributed by atoms with Gasteiger partial charge in [-0.15, -0.1) is 10.2 Å². The van der Waals surface area contributed by atoms with E-state index in [4.69, 9.17) is 5.84 Å². The van der Waals surface area contributed by atoms with Crippen molar-refractivity contribution in [3.63, 3.8) is 0 Å². The van der Waals surface area contributed by atoms with Crippen LogP contribution < -0.4 is 11.2 Å². The first-order valence-electron chi connectivity index (χ1n) is 11.1. The number of benzene rings is 2. The molecule has 0 spiro atoms. The number of hydrogen-bond acceptors (Lipinski definition) is 6. The van der Waals surface area contributed by atoms with Gasteiger partial charge in [-0.2, -0.15) is 5.10 Å². The van der Waals surface area contributed by atoms with E-state index in [1.54, 1.807) is 4.68 Å². The van der Waals surface area contributed by atoms with Gasteiger partial charge in [0.2, 0.25) is 11.1 Å². The molecule has 0 saturated heterocycles. The number of rotatable bonds is 6. The summed E-state index contributed by atoms with van der Waals surface area (Å²) in [5, 5.41) is 18.1. The van der Waals surface area contributed by atoms with Crippen LogP contribution in [0, 0.1) is 13.8 Å². The van der Waals surface area contributed by atoms with Crippen molar-refractivity contribution in [3.8, 4) is 5.95 Å².